The van der Waals surface area contributed by atoms with E-state index in [1.165, 1.54) is 19.3 Å². The molecule has 0 radical (unpaired) electrons. The third-order valence-corrected chi connectivity index (χ3v) is 2.24. The van der Waals surface area contributed by atoms with Crippen LogP contribution in [0.2, 0.25) is 0 Å². The molecule has 0 aromatic rings. The monoisotopic (exact) mass is 158 g/mol. The molecule has 1 aliphatic heterocycles. The highest BCUT2D eigenvalue weighted by Crippen LogP contribution is 2.24. The van der Waals surface area contributed by atoms with Crippen molar-refractivity contribution >= 4 is 0 Å². The van der Waals surface area contributed by atoms with Gasteiger partial charge in [0.2, 0.25) is 0 Å². The predicted octanol–water partition coefficient (Wildman–Crippen LogP) is 2.19. The average Bonchev–Trinajstić information content (AvgIpc) is 2.06. The van der Waals surface area contributed by atoms with Gasteiger partial charge >= 0.3 is 0 Å². The Morgan fingerprint density at radius 3 is 2.91 bits per heavy atom. The van der Waals surface area contributed by atoms with E-state index in [-0.39, 0.29) is 6.29 Å². The van der Waals surface area contributed by atoms with Gasteiger partial charge in [0.25, 0.3) is 0 Å². The molecule has 0 bridgehead atoms. The molecule has 0 spiro atoms. The second-order valence-electron chi connectivity index (χ2n) is 3.01. The van der Waals surface area contributed by atoms with Crippen molar-refractivity contribution < 1.29 is 9.47 Å². The average molecular weight is 158 g/mol. The van der Waals surface area contributed by atoms with Gasteiger partial charge in [0.05, 0.1) is 0 Å². The fourth-order valence-corrected chi connectivity index (χ4v) is 1.56. The van der Waals surface area contributed by atoms with Crippen molar-refractivity contribution in [2.24, 2.45) is 5.92 Å². The molecule has 1 heterocycles. The molecule has 1 saturated heterocycles. The van der Waals surface area contributed by atoms with E-state index in [0.717, 1.165) is 13.2 Å². The lowest BCUT2D eigenvalue weighted by Gasteiger charge is -2.30. The maximum atomic E-state index is 5.50. The summed E-state index contributed by atoms with van der Waals surface area (Å²) in [7, 11) is 0. The zero-order valence-electron chi connectivity index (χ0n) is 7.51. The molecule has 0 saturated carbocycles. The SMILES string of the molecule is CCOC1OCCCC1CC. The fraction of sp³-hybridized carbons (Fsp3) is 1.00. The van der Waals surface area contributed by atoms with Gasteiger partial charge in [-0.25, -0.2) is 0 Å². The van der Waals surface area contributed by atoms with Crippen LogP contribution in [0.25, 0.3) is 0 Å². The Morgan fingerprint density at radius 1 is 1.45 bits per heavy atom. The van der Waals surface area contributed by atoms with E-state index in [2.05, 4.69) is 6.92 Å². The standard InChI is InChI=1S/C9H18O2/c1-3-8-6-5-7-11-9(8)10-4-2/h8-9H,3-7H2,1-2H3. The molecule has 0 aliphatic carbocycles. The van der Waals surface area contributed by atoms with Gasteiger partial charge in [-0.15, -0.1) is 0 Å². The molecule has 2 atom stereocenters. The molecule has 1 rings (SSSR count). The van der Waals surface area contributed by atoms with Crippen LogP contribution in [-0.4, -0.2) is 19.5 Å². The molecule has 2 heteroatoms. The summed E-state index contributed by atoms with van der Waals surface area (Å²) in [6.45, 7) is 5.86. The van der Waals surface area contributed by atoms with Crippen LogP contribution in [-0.2, 0) is 9.47 Å². The van der Waals surface area contributed by atoms with Crippen molar-refractivity contribution in [2.45, 2.75) is 39.4 Å². The van der Waals surface area contributed by atoms with Crippen molar-refractivity contribution in [2.75, 3.05) is 13.2 Å². The van der Waals surface area contributed by atoms with E-state index in [1.54, 1.807) is 0 Å². The minimum absolute atomic E-state index is 0.0822. The summed E-state index contributed by atoms with van der Waals surface area (Å²) >= 11 is 0. The third kappa shape index (κ3) is 2.46. The number of ether oxygens (including phenoxy) is 2. The van der Waals surface area contributed by atoms with E-state index in [4.69, 9.17) is 9.47 Å². The van der Waals surface area contributed by atoms with Crippen LogP contribution >= 0.6 is 0 Å². The first-order valence-corrected chi connectivity index (χ1v) is 4.61. The Morgan fingerprint density at radius 2 is 2.27 bits per heavy atom. The number of hydrogen-bond acceptors (Lipinski definition) is 2. The van der Waals surface area contributed by atoms with Gasteiger partial charge in [-0.1, -0.05) is 6.92 Å². The smallest absolute Gasteiger partial charge is 0.160 e. The topological polar surface area (TPSA) is 18.5 Å². The molecule has 0 N–H and O–H groups in total. The van der Waals surface area contributed by atoms with Crippen LogP contribution in [0.5, 0.6) is 0 Å². The van der Waals surface area contributed by atoms with Crippen LogP contribution in [0.3, 0.4) is 0 Å². The van der Waals surface area contributed by atoms with Crippen molar-refractivity contribution in [3.8, 4) is 0 Å². The molecule has 2 nitrogen and oxygen atoms in total. The molecule has 1 fully saturated rings. The Kier molecular flexibility index (Phi) is 3.87. The van der Waals surface area contributed by atoms with Crippen LogP contribution in [0.1, 0.15) is 33.1 Å². The zero-order valence-corrected chi connectivity index (χ0v) is 7.51. The number of rotatable bonds is 3. The van der Waals surface area contributed by atoms with E-state index in [0.29, 0.717) is 5.92 Å². The van der Waals surface area contributed by atoms with Crippen molar-refractivity contribution in [1.29, 1.82) is 0 Å². The Balaban J connectivity index is 2.31. The quantitative estimate of drug-likeness (QED) is 0.626. The predicted molar refractivity (Wildman–Crippen MR) is 44.4 cm³/mol. The fourth-order valence-electron chi connectivity index (χ4n) is 1.56. The first-order chi connectivity index (χ1) is 5.38. The molecule has 1 aliphatic rings. The Bertz CT molecular complexity index is 102. The maximum Gasteiger partial charge on any atom is 0.160 e. The molecule has 0 aromatic heterocycles. The van der Waals surface area contributed by atoms with Crippen LogP contribution in [0.15, 0.2) is 0 Å². The van der Waals surface area contributed by atoms with E-state index < -0.39 is 0 Å². The molecular formula is C9H18O2. The second-order valence-corrected chi connectivity index (χ2v) is 3.01. The van der Waals surface area contributed by atoms with E-state index >= 15 is 0 Å². The van der Waals surface area contributed by atoms with Crippen molar-refractivity contribution in [1.82, 2.24) is 0 Å². The highest BCUT2D eigenvalue weighted by atomic mass is 16.7. The summed E-state index contributed by atoms with van der Waals surface area (Å²) in [4.78, 5) is 0. The van der Waals surface area contributed by atoms with Crippen molar-refractivity contribution in [3.63, 3.8) is 0 Å². The highest BCUT2D eigenvalue weighted by Gasteiger charge is 2.24. The minimum atomic E-state index is 0.0822. The van der Waals surface area contributed by atoms with Gasteiger partial charge < -0.3 is 9.47 Å². The number of hydrogen-bond donors (Lipinski definition) is 0. The van der Waals surface area contributed by atoms with Gasteiger partial charge in [0.15, 0.2) is 6.29 Å². The van der Waals surface area contributed by atoms with E-state index in [9.17, 15) is 0 Å². The normalized spacial score (nSPS) is 32.2. The largest absolute Gasteiger partial charge is 0.353 e. The molecule has 11 heavy (non-hydrogen) atoms. The maximum absolute atomic E-state index is 5.50. The summed E-state index contributed by atoms with van der Waals surface area (Å²) in [5.41, 5.74) is 0. The Labute approximate surface area is 68.9 Å². The summed E-state index contributed by atoms with van der Waals surface area (Å²) in [6, 6.07) is 0. The van der Waals surface area contributed by atoms with Gasteiger partial charge in [-0.2, -0.15) is 0 Å². The lowest BCUT2D eigenvalue weighted by molar-refractivity contribution is -0.190. The van der Waals surface area contributed by atoms with Crippen LogP contribution in [0, 0.1) is 5.92 Å². The summed E-state index contributed by atoms with van der Waals surface area (Å²) in [5.74, 6) is 0.628. The molecule has 66 valence electrons. The summed E-state index contributed by atoms with van der Waals surface area (Å²) < 4.78 is 11.0. The van der Waals surface area contributed by atoms with Gasteiger partial charge in [0.1, 0.15) is 0 Å². The molecule has 0 aromatic carbocycles. The first kappa shape index (κ1) is 9.01. The molecule has 2 unspecified atom stereocenters. The zero-order chi connectivity index (χ0) is 8.10. The van der Waals surface area contributed by atoms with Crippen molar-refractivity contribution in [3.05, 3.63) is 0 Å². The molecular weight excluding hydrogens is 140 g/mol. The minimum Gasteiger partial charge on any atom is -0.353 e. The third-order valence-electron chi connectivity index (χ3n) is 2.24. The highest BCUT2D eigenvalue weighted by molar-refractivity contribution is 4.66. The van der Waals surface area contributed by atoms with Gasteiger partial charge in [0, 0.05) is 19.1 Å². The lowest BCUT2D eigenvalue weighted by Crippen LogP contribution is -2.31. The van der Waals surface area contributed by atoms with Crippen LogP contribution < -0.4 is 0 Å². The summed E-state index contributed by atoms with van der Waals surface area (Å²) in [5, 5.41) is 0. The van der Waals surface area contributed by atoms with Gasteiger partial charge in [-0.05, 0) is 26.2 Å². The van der Waals surface area contributed by atoms with Gasteiger partial charge in [-0.3, -0.25) is 0 Å². The molecule has 0 amide bonds. The lowest BCUT2D eigenvalue weighted by atomic mass is 9.98. The Hall–Kier alpha value is -0.0800. The van der Waals surface area contributed by atoms with Crippen LogP contribution in [0.4, 0.5) is 0 Å². The van der Waals surface area contributed by atoms with E-state index in [1.807, 2.05) is 6.92 Å². The summed E-state index contributed by atoms with van der Waals surface area (Å²) in [6.07, 6.45) is 3.72. The first-order valence-electron chi connectivity index (χ1n) is 4.61. The second kappa shape index (κ2) is 4.73.